The first kappa shape index (κ1) is 27.5. The lowest BCUT2D eigenvalue weighted by atomic mass is 10.0. The summed E-state index contributed by atoms with van der Waals surface area (Å²) in [5.74, 6) is 1.49. The Kier molecular flexibility index (Phi) is 13.5. The van der Waals surface area contributed by atoms with Crippen molar-refractivity contribution in [3.05, 3.63) is 71.8 Å². The fraction of sp³-hybridized carbons (Fsp3) is 0.483. The van der Waals surface area contributed by atoms with Gasteiger partial charge in [0.2, 0.25) is 0 Å². The monoisotopic (exact) mass is 468 g/mol. The molecule has 0 heterocycles. The predicted octanol–water partition coefficient (Wildman–Crippen LogP) is 6.34. The molecule has 5 heteroatoms. The van der Waals surface area contributed by atoms with Crippen LogP contribution in [0.25, 0.3) is 0 Å². The third kappa shape index (κ3) is 11.9. The van der Waals surface area contributed by atoms with Crippen LogP contribution in [0.5, 0.6) is 11.5 Å². The van der Waals surface area contributed by atoms with Crippen molar-refractivity contribution in [3.63, 3.8) is 0 Å². The van der Waals surface area contributed by atoms with Gasteiger partial charge < -0.3 is 18.9 Å². The molecule has 0 aromatic heterocycles. The quantitative estimate of drug-likeness (QED) is 0.145. The molecule has 0 saturated heterocycles. The fourth-order valence-electron chi connectivity index (χ4n) is 3.58. The van der Waals surface area contributed by atoms with Crippen LogP contribution < -0.4 is 9.47 Å². The zero-order valence-electron chi connectivity index (χ0n) is 20.9. The number of rotatable bonds is 18. The fourth-order valence-corrected chi connectivity index (χ4v) is 3.58. The minimum Gasteiger partial charge on any atom is -0.494 e. The van der Waals surface area contributed by atoms with Crippen LogP contribution in [-0.2, 0) is 27.1 Å². The van der Waals surface area contributed by atoms with Gasteiger partial charge in [-0.2, -0.15) is 0 Å². The number of esters is 1. The number of unbranched alkanes of at least 4 members (excludes halogenated alkanes) is 3. The van der Waals surface area contributed by atoms with Crippen LogP contribution in [0.1, 0.15) is 57.1 Å². The molecular formula is C29H40O5. The molecule has 5 nitrogen and oxygen atoms in total. The van der Waals surface area contributed by atoms with Crippen LogP contribution in [0.15, 0.2) is 60.7 Å². The Hall–Kier alpha value is -2.79. The standard InChI is InChI=1S/C29H40O5/c1-4-32-27-15-11-25(12-16-27)22-24(3)10-8-6-7-9-19-31-20-21-34-29(30)23-26-13-17-28(18-14-26)33-5-2/h11-18H,3-10,19-23H2,1-2H3. The summed E-state index contributed by atoms with van der Waals surface area (Å²) in [6.45, 7) is 10.9. The molecule has 2 rings (SSSR count). The highest BCUT2D eigenvalue weighted by Crippen LogP contribution is 2.17. The van der Waals surface area contributed by atoms with E-state index in [4.69, 9.17) is 18.9 Å². The number of carbonyl (C=O) groups is 1. The maximum atomic E-state index is 11.9. The first-order valence-corrected chi connectivity index (χ1v) is 12.4. The molecule has 34 heavy (non-hydrogen) atoms. The van der Waals surface area contributed by atoms with Gasteiger partial charge in [-0.05, 0) is 74.9 Å². The van der Waals surface area contributed by atoms with E-state index in [-0.39, 0.29) is 12.4 Å². The number of carbonyl (C=O) groups excluding carboxylic acids is 1. The van der Waals surface area contributed by atoms with Crippen LogP contribution >= 0.6 is 0 Å². The van der Waals surface area contributed by atoms with E-state index in [1.54, 1.807) is 0 Å². The third-order valence-corrected chi connectivity index (χ3v) is 5.33. The summed E-state index contributed by atoms with van der Waals surface area (Å²) in [7, 11) is 0. The van der Waals surface area contributed by atoms with Crippen LogP contribution in [0.4, 0.5) is 0 Å². The Balaban J connectivity index is 1.42. The number of benzene rings is 2. The minimum absolute atomic E-state index is 0.238. The SMILES string of the molecule is C=C(CCCCCCOCCOC(=O)Cc1ccc(OCC)cc1)Cc1ccc(OCC)cc1. The van der Waals surface area contributed by atoms with Crippen LogP contribution in [0.2, 0.25) is 0 Å². The lowest BCUT2D eigenvalue weighted by Crippen LogP contribution is -2.13. The molecule has 0 spiro atoms. The Labute approximate surface area is 205 Å². The molecule has 0 saturated carbocycles. The molecule has 0 aliphatic heterocycles. The number of ether oxygens (including phenoxy) is 4. The molecule has 0 fully saturated rings. The van der Waals surface area contributed by atoms with Crippen molar-refractivity contribution in [3.8, 4) is 11.5 Å². The molecule has 2 aromatic carbocycles. The van der Waals surface area contributed by atoms with Crippen molar-refractivity contribution >= 4 is 5.97 Å². The summed E-state index contributed by atoms with van der Waals surface area (Å²) < 4.78 is 21.7. The van der Waals surface area contributed by atoms with Gasteiger partial charge in [-0.15, -0.1) is 0 Å². The largest absolute Gasteiger partial charge is 0.494 e. The van der Waals surface area contributed by atoms with E-state index < -0.39 is 0 Å². The highest BCUT2D eigenvalue weighted by Gasteiger charge is 2.05. The van der Waals surface area contributed by atoms with Crippen LogP contribution in [0.3, 0.4) is 0 Å². The second kappa shape index (κ2) is 16.8. The Bertz CT molecular complexity index is 755. The van der Waals surface area contributed by atoms with Crippen molar-refractivity contribution in [2.75, 3.05) is 33.0 Å². The van der Waals surface area contributed by atoms with E-state index in [0.717, 1.165) is 49.2 Å². The average Bonchev–Trinajstić information content (AvgIpc) is 2.83. The molecule has 0 unspecified atom stereocenters. The van der Waals surface area contributed by atoms with Crippen LogP contribution in [-0.4, -0.2) is 39.0 Å². The van der Waals surface area contributed by atoms with E-state index in [2.05, 4.69) is 18.7 Å². The first-order chi connectivity index (χ1) is 16.6. The Morgan fingerprint density at radius 1 is 0.706 bits per heavy atom. The van der Waals surface area contributed by atoms with Gasteiger partial charge in [0.25, 0.3) is 0 Å². The van der Waals surface area contributed by atoms with Crippen molar-refractivity contribution in [1.82, 2.24) is 0 Å². The summed E-state index contributed by atoms with van der Waals surface area (Å²) >= 11 is 0. The smallest absolute Gasteiger partial charge is 0.310 e. The van der Waals surface area contributed by atoms with Gasteiger partial charge in [0.05, 0.1) is 26.2 Å². The van der Waals surface area contributed by atoms with Gasteiger partial charge in [0, 0.05) is 6.61 Å². The minimum atomic E-state index is -0.238. The van der Waals surface area contributed by atoms with E-state index in [9.17, 15) is 4.79 Å². The van der Waals surface area contributed by atoms with E-state index in [1.165, 1.54) is 17.6 Å². The van der Waals surface area contributed by atoms with Crippen molar-refractivity contribution in [2.45, 2.75) is 58.8 Å². The second-order valence-electron chi connectivity index (χ2n) is 8.25. The molecule has 2 aromatic rings. The lowest BCUT2D eigenvalue weighted by Gasteiger charge is -2.08. The van der Waals surface area contributed by atoms with Crippen molar-refractivity contribution in [2.24, 2.45) is 0 Å². The zero-order valence-corrected chi connectivity index (χ0v) is 20.9. The van der Waals surface area contributed by atoms with Gasteiger partial charge in [-0.1, -0.05) is 49.3 Å². The maximum Gasteiger partial charge on any atom is 0.310 e. The highest BCUT2D eigenvalue weighted by molar-refractivity contribution is 5.72. The summed E-state index contributed by atoms with van der Waals surface area (Å²) in [6, 6.07) is 15.8. The van der Waals surface area contributed by atoms with Gasteiger partial charge >= 0.3 is 5.97 Å². The second-order valence-corrected chi connectivity index (χ2v) is 8.25. The Morgan fingerprint density at radius 3 is 1.85 bits per heavy atom. The lowest BCUT2D eigenvalue weighted by molar-refractivity contribution is -0.144. The highest BCUT2D eigenvalue weighted by atomic mass is 16.6. The molecule has 0 N–H and O–H groups in total. The predicted molar refractivity (Wildman–Crippen MR) is 137 cm³/mol. The first-order valence-electron chi connectivity index (χ1n) is 12.4. The number of hydrogen-bond acceptors (Lipinski definition) is 5. The average molecular weight is 469 g/mol. The zero-order chi connectivity index (χ0) is 24.4. The van der Waals surface area contributed by atoms with Crippen molar-refractivity contribution in [1.29, 1.82) is 0 Å². The summed E-state index contributed by atoms with van der Waals surface area (Å²) in [5, 5.41) is 0. The van der Waals surface area contributed by atoms with E-state index in [0.29, 0.717) is 33.0 Å². The third-order valence-electron chi connectivity index (χ3n) is 5.33. The molecule has 0 radical (unpaired) electrons. The summed E-state index contributed by atoms with van der Waals surface area (Å²) in [4.78, 5) is 11.9. The van der Waals surface area contributed by atoms with Gasteiger partial charge in [-0.3, -0.25) is 4.79 Å². The maximum absolute atomic E-state index is 11.9. The molecule has 186 valence electrons. The summed E-state index contributed by atoms with van der Waals surface area (Å²) in [5.41, 5.74) is 3.46. The van der Waals surface area contributed by atoms with Gasteiger partial charge in [0.1, 0.15) is 18.1 Å². The molecular weight excluding hydrogens is 428 g/mol. The topological polar surface area (TPSA) is 54.0 Å². The molecule has 0 atom stereocenters. The van der Waals surface area contributed by atoms with E-state index in [1.807, 2.05) is 50.2 Å². The molecule has 0 bridgehead atoms. The molecule has 0 aliphatic rings. The summed E-state index contributed by atoms with van der Waals surface area (Å²) in [6.07, 6.45) is 6.71. The van der Waals surface area contributed by atoms with Crippen molar-refractivity contribution < 1.29 is 23.7 Å². The Morgan fingerprint density at radius 2 is 1.26 bits per heavy atom. The molecule has 0 aliphatic carbocycles. The number of allylic oxidation sites excluding steroid dienone is 1. The normalized spacial score (nSPS) is 10.6. The van der Waals surface area contributed by atoms with Crippen LogP contribution in [0, 0.1) is 0 Å². The molecule has 0 amide bonds. The number of hydrogen-bond donors (Lipinski definition) is 0. The van der Waals surface area contributed by atoms with Gasteiger partial charge in [0.15, 0.2) is 0 Å². The van der Waals surface area contributed by atoms with E-state index >= 15 is 0 Å². The van der Waals surface area contributed by atoms with Gasteiger partial charge in [-0.25, -0.2) is 0 Å².